The van der Waals surface area contributed by atoms with Gasteiger partial charge in [-0.3, -0.25) is 10.1 Å². The van der Waals surface area contributed by atoms with Crippen LogP contribution in [0.25, 0.3) is 17.0 Å². The number of H-pyrrole nitrogens is 1. The van der Waals surface area contributed by atoms with Crippen LogP contribution in [0.5, 0.6) is 0 Å². The Bertz CT molecular complexity index is 476. The molecule has 4 nitrogen and oxygen atoms in total. The van der Waals surface area contributed by atoms with E-state index in [1.807, 2.05) is 25.1 Å². The number of hydrogen-bond acceptors (Lipinski definition) is 3. The highest BCUT2D eigenvalue weighted by Crippen LogP contribution is 2.19. The molecule has 0 aliphatic carbocycles. The normalized spacial score (nSPS) is 10.1. The second kappa shape index (κ2) is 4.61. The predicted octanol–water partition coefficient (Wildman–Crippen LogP) is 2.48. The SMILES string of the molecule is C=C(OCC)c1cc(-c2ccncc2)n[nH]1. The number of aromatic amines is 1. The van der Waals surface area contributed by atoms with Crippen LogP contribution >= 0.6 is 0 Å². The van der Waals surface area contributed by atoms with E-state index < -0.39 is 0 Å². The number of rotatable bonds is 4. The molecule has 0 aromatic carbocycles. The van der Waals surface area contributed by atoms with Gasteiger partial charge in [0.15, 0.2) is 0 Å². The minimum absolute atomic E-state index is 0.600. The second-order valence-electron chi connectivity index (χ2n) is 3.26. The van der Waals surface area contributed by atoms with Crippen molar-refractivity contribution in [3.63, 3.8) is 0 Å². The standard InChI is InChI=1S/C12H13N3O/c1-3-16-9(2)11-8-12(15-14-11)10-4-6-13-7-5-10/h4-8H,2-3H2,1H3,(H,14,15). The molecular formula is C12H13N3O. The van der Waals surface area contributed by atoms with Crippen LogP contribution in [0.2, 0.25) is 0 Å². The molecule has 0 bridgehead atoms. The molecule has 0 saturated carbocycles. The summed E-state index contributed by atoms with van der Waals surface area (Å²) in [6.45, 7) is 6.34. The Kier molecular flexibility index (Phi) is 3.00. The maximum atomic E-state index is 5.30. The summed E-state index contributed by atoms with van der Waals surface area (Å²) in [6, 6.07) is 5.72. The van der Waals surface area contributed by atoms with Crippen LogP contribution in [0.4, 0.5) is 0 Å². The summed E-state index contributed by atoms with van der Waals surface area (Å²) in [4.78, 5) is 3.96. The predicted molar refractivity (Wildman–Crippen MR) is 62.5 cm³/mol. The fourth-order valence-corrected chi connectivity index (χ4v) is 1.39. The van der Waals surface area contributed by atoms with E-state index in [2.05, 4.69) is 21.8 Å². The van der Waals surface area contributed by atoms with Crippen molar-refractivity contribution in [1.29, 1.82) is 0 Å². The molecule has 1 N–H and O–H groups in total. The molecule has 0 aliphatic rings. The van der Waals surface area contributed by atoms with Crippen molar-refractivity contribution in [2.75, 3.05) is 6.61 Å². The fraction of sp³-hybridized carbons (Fsp3) is 0.167. The lowest BCUT2D eigenvalue weighted by Crippen LogP contribution is -1.89. The molecule has 4 heteroatoms. The zero-order valence-electron chi connectivity index (χ0n) is 9.10. The third-order valence-electron chi connectivity index (χ3n) is 2.17. The minimum Gasteiger partial charge on any atom is -0.492 e. The second-order valence-corrected chi connectivity index (χ2v) is 3.26. The average Bonchev–Trinajstić information content (AvgIpc) is 2.80. The van der Waals surface area contributed by atoms with Gasteiger partial charge in [0, 0.05) is 18.0 Å². The molecule has 82 valence electrons. The van der Waals surface area contributed by atoms with E-state index >= 15 is 0 Å². The van der Waals surface area contributed by atoms with Crippen molar-refractivity contribution in [3.05, 3.63) is 42.9 Å². The first-order valence-electron chi connectivity index (χ1n) is 5.09. The van der Waals surface area contributed by atoms with Crippen LogP contribution in [0.1, 0.15) is 12.6 Å². The molecule has 2 aromatic rings. The summed E-state index contributed by atoms with van der Waals surface area (Å²) in [6.07, 6.45) is 3.47. The molecule has 0 amide bonds. The van der Waals surface area contributed by atoms with Gasteiger partial charge in [0.25, 0.3) is 0 Å². The van der Waals surface area contributed by atoms with Crippen molar-refractivity contribution in [1.82, 2.24) is 15.2 Å². The van der Waals surface area contributed by atoms with Crippen LogP contribution in [0.3, 0.4) is 0 Å². The number of aromatic nitrogens is 3. The summed E-state index contributed by atoms with van der Waals surface area (Å²) >= 11 is 0. The Hall–Kier alpha value is -2.10. The molecular weight excluding hydrogens is 202 g/mol. The monoisotopic (exact) mass is 215 g/mol. The molecule has 0 radical (unpaired) electrons. The smallest absolute Gasteiger partial charge is 0.137 e. The number of ether oxygens (including phenoxy) is 1. The van der Waals surface area contributed by atoms with Crippen LogP contribution < -0.4 is 0 Å². The Labute approximate surface area is 94.0 Å². The van der Waals surface area contributed by atoms with Crippen LogP contribution in [-0.2, 0) is 4.74 Å². The zero-order valence-corrected chi connectivity index (χ0v) is 9.10. The van der Waals surface area contributed by atoms with Gasteiger partial charge >= 0.3 is 0 Å². The molecule has 0 unspecified atom stereocenters. The van der Waals surface area contributed by atoms with Gasteiger partial charge in [0.05, 0.1) is 18.0 Å². The highest BCUT2D eigenvalue weighted by Gasteiger charge is 2.06. The Balaban J connectivity index is 2.23. The van der Waals surface area contributed by atoms with E-state index in [4.69, 9.17) is 4.74 Å². The fourth-order valence-electron chi connectivity index (χ4n) is 1.39. The topological polar surface area (TPSA) is 50.8 Å². The van der Waals surface area contributed by atoms with Gasteiger partial charge in [0.1, 0.15) is 5.76 Å². The number of nitrogens with one attached hydrogen (secondary N) is 1. The molecule has 2 aromatic heterocycles. The van der Waals surface area contributed by atoms with Crippen molar-refractivity contribution >= 4 is 5.76 Å². The quantitative estimate of drug-likeness (QED) is 0.797. The van der Waals surface area contributed by atoms with Gasteiger partial charge in [-0.1, -0.05) is 6.58 Å². The van der Waals surface area contributed by atoms with Gasteiger partial charge < -0.3 is 4.74 Å². The van der Waals surface area contributed by atoms with E-state index in [1.165, 1.54) is 0 Å². The lowest BCUT2D eigenvalue weighted by atomic mass is 10.2. The molecule has 0 fully saturated rings. The maximum Gasteiger partial charge on any atom is 0.137 e. The Morgan fingerprint density at radius 2 is 2.19 bits per heavy atom. The van der Waals surface area contributed by atoms with E-state index in [0.717, 1.165) is 17.0 Å². The molecule has 16 heavy (non-hydrogen) atoms. The molecule has 0 spiro atoms. The maximum absolute atomic E-state index is 5.30. The first kappa shape index (κ1) is 10.4. The molecule has 0 saturated heterocycles. The van der Waals surface area contributed by atoms with Crippen LogP contribution in [0, 0.1) is 0 Å². The van der Waals surface area contributed by atoms with Crippen LogP contribution in [0.15, 0.2) is 37.2 Å². The van der Waals surface area contributed by atoms with Crippen molar-refractivity contribution in [2.45, 2.75) is 6.92 Å². The third kappa shape index (κ3) is 2.11. The number of nitrogens with zero attached hydrogens (tertiary/aromatic N) is 2. The number of hydrogen-bond donors (Lipinski definition) is 1. The summed E-state index contributed by atoms with van der Waals surface area (Å²) in [5.74, 6) is 0.607. The minimum atomic E-state index is 0.600. The third-order valence-corrected chi connectivity index (χ3v) is 2.17. The van der Waals surface area contributed by atoms with E-state index in [0.29, 0.717) is 12.4 Å². The Morgan fingerprint density at radius 1 is 1.44 bits per heavy atom. The van der Waals surface area contributed by atoms with Gasteiger partial charge in [0.2, 0.25) is 0 Å². The highest BCUT2D eigenvalue weighted by molar-refractivity contribution is 5.64. The van der Waals surface area contributed by atoms with Crippen molar-refractivity contribution < 1.29 is 4.74 Å². The lowest BCUT2D eigenvalue weighted by Gasteiger charge is -2.02. The largest absolute Gasteiger partial charge is 0.492 e. The Morgan fingerprint density at radius 3 is 2.88 bits per heavy atom. The molecule has 2 rings (SSSR count). The van der Waals surface area contributed by atoms with Crippen molar-refractivity contribution in [2.24, 2.45) is 0 Å². The lowest BCUT2D eigenvalue weighted by molar-refractivity contribution is 0.297. The average molecular weight is 215 g/mol. The summed E-state index contributed by atoms with van der Waals surface area (Å²) in [7, 11) is 0. The van der Waals surface area contributed by atoms with E-state index in [-0.39, 0.29) is 0 Å². The zero-order chi connectivity index (χ0) is 11.4. The summed E-state index contributed by atoms with van der Waals surface area (Å²) in [5, 5.41) is 7.09. The van der Waals surface area contributed by atoms with E-state index in [9.17, 15) is 0 Å². The number of pyridine rings is 1. The molecule has 0 atom stereocenters. The molecule has 0 aliphatic heterocycles. The van der Waals surface area contributed by atoms with E-state index in [1.54, 1.807) is 12.4 Å². The van der Waals surface area contributed by atoms with Gasteiger partial charge in [-0.25, -0.2) is 0 Å². The van der Waals surface area contributed by atoms with Gasteiger partial charge in [-0.05, 0) is 25.1 Å². The highest BCUT2D eigenvalue weighted by atomic mass is 16.5. The van der Waals surface area contributed by atoms with Crippen LogP contribution in [-0.4, -0.2) is 21.8 Å². The van der Waals surface area contributed by atoms with Crippen molar-refractivity contribution in [3.8, 4) is 11.3 Å². The first-order valence-corrected chi connectivity index (χ1v) is 5.09. The summed E-state index contributed by atoms with van der Waals surface area (Å²) < 4.78 is 5.30. The first-order chi connectivity index (χ1) is 7.81. The van der Waals surface area contributed by atoms with Gasteiger partial charge in [-0.2, -0.15) is 5.10 Å². The molecule has 2 heterocycles. The van der Waals surface area contributed by atoms with Gasteiger partial charge in [-0.15, -0.1) is 0 Å². The summed E-state index contributed by atoms with van der Waals surface area (Å²) in [5.41, 5.74) is 2.67.